The molecule has 3 fully saturated rings. The molecule has 0 unspecified atom stereocenters. The van der Waals surface area contributed by atoms with Gasteiger partial charge < -0.3 is 10.2 Å². The second-order valence-electron chi connectivity index (χ2n) is 10.2. The van der Waals surface area contributed by atoms with Crippen molar-refractivity contribution in [3.05, 3.63) is 23.8 Å². The lowest BCUT2D eigenvalue weighted by molar-refractivity contribution is -0.137. The molecule has 0 aliphatic heterocycles. The van der Waals surface area contributed by atoms with Gasteiger partial charge in [-0.2, -0.15) is 0 Å². The Labute approximate surface area is 175 Å². The van der Waals surface area contributed by atoms with E-state index in [1.54, 1.807) is 5.57 Å². The van der Waals surface area contributed by atoms with Crippen LogP contribution in [0.25, 0.3) is 0 Å². The minimum atomic E-state index is -0.964. The molecule has 0 heterocycles. The smallest absolute Gasteiger partial charge is 0.303 e. The van der Waals surface area contributed by atoms with E-state index in [2.05, 4.69) is 31.4 Å². The average molecular weight is 397 g/mol. The van der Waals surface area contributed by atoms with Gasteiger partial charge in [-0.15, -0.1) is 5.92 Å². The molecular formula is C26H36O3. The predicted octanol–water partition coefficient (Wildman–Crippen LogP) is 5.35. The van der Waals surface area contributed by atoms with E-state index in [0.29, 0.717) is 36.0 Å². The van der Waals surface area contributed by atoms with Crippen LogP contribution in [0.1, 0.15) is 78.1 Å². The molecule has 4 rings (SSSR count). The Bertz CT molecular complexity index is 784. The van der Waals surface area contributed by atoms with E-state index in [-0.39, 0.29) is 11.8 Å². The SMILES string of the molecule is C=C(CCC(=O)O)[C@]1(O)CC[C@H]2[C@@H]3CCC4=CCCC[C@@H]4[C@H]3[C@@H](C#CC)C[C@@]21C. The third-order valence-corrected chi connectivity index (χ3v) is 9.09. The molecule has 0 saturated heterocycles. The second kappa shape index (κ2) is 7.62. The zero-order valence-electron chi connectivity index (χ0n) is 18.0. The number of aliphatic carboxylic acids is 1. The fraction of sp³-hybridized carbons (Fsp3) is 0.731. The number of aliphatic hydroxyl groups is 1. The summed E-state index contributed by atoms with van der Waals surface area (Å²) in [6.45, 7) is 8.39. The molecular weight excluding hydrogens is 360 g/mol. The van der Waals surface area contributed by atoms with Crippen molar-refractivity contribution >= 4 is 5.97 Å². The van der Waals surface area contributed by atoms with Gasteiger partial charge in [0.15, 0.2) is 0 Å². The highest BCUT2D eigenvalue weighted by Crippen LogP contribution is 2.67. The van der Waals surface area contributed by atoms with Crippen LogP contribution in [0.4, 0.5) is 0 Å². The molecule has 29 heavy (non-hydrogen) atoms. The van der Waals surface area contributed by atoms with Crippen molar-refractivity contribution in [2.75, 3.05) is 0 Å². The number of hydrogen-bond donors (Lipinski definition) is 2. The first kappa shape index (κ1) is 20.7. The van der Waals surface area contributed by atoms with E-state index in [1.165, 1.54) is 32.1 Å². The van der Waals surface area contributed by atoms with Gasteiger partial charge >= 0.3 is 5.97 Å². The molecule has 3 saturated carbocycles. The fourth-order valence-electron chi connectivity index (χ4n) is 7.81. The third-order valence-electron chi connectivity index (χ3n) is 9.09. The zero-order valence-corrected chi connectivity index (χ0v) is 18.0. The highest BCUT2D eigenvalue weighted by Gasteiger charge is 2.64. The fourth-order valence-corrected chi connectivity index (χ4v) is 7.81. The van der Waals surface area contributed by atoms with Crippen molar-refractivity contribution in [3.63, 3.8) is 0 Å². The summed E-state index contributed by atoms with van der Waals surface area (Å²) in [5, 5.41) is 21.0. The standard InChI is InChI=1S/C26H36O3/c1-4-7-19-16-25(3)22(14-15-26(25,29)17(2)10-13-23(27)28)21-12-11-18-8-5-6-9-20(18)24(19)21/h8,19-22,24,29H,2,5-6,9-16H2,1,3H3,(H,27,28)/t19-,20-,21-,22-,24+,25-,26+/m0/s1. The van der Waals surface area contributed by atoms with E-state index in [4.69, 9.17) is 5.11 Å². The lowest BCUT2D eigenvalue weighted by atomic mass is 9.47. The summed E-state index contributed by atoms with van der Waals surface area (Å²) in [5.41, 5.74) is 1.19. The summed E-state index contributed by atoms with van der Waals surface area (Å²) in [4.78, 5) is 11.1. The quantitative estimate of drug-likeness (QED) is 0.497. The second-order valence-corrected chi connectivity index (χ2v) is 10.2. The largest absolute Gasteiger partial charge is 0.481 e. The van der Waals surface area contributed by atoms with Gasteiger partial charge in [0.05, 0.1) is 5.60 Å². The number of carbonyl (C=O) groups is 1. The number of fused-ring (bicyclic) bond motifs is 5. The van der Waals surface area contributed by atoms with Crippen LogP contribution in [-0.4, -0.2) is 21.8 Å². The van der Waals surface area contributed by atoms with Gasteiger partial charge in [0.25, 0.3) is 0 Å². The molecule has 0 spiro atoms. The van der Waals surface area contributed by atoms with Crippen LogP contribution < -0.4 is 0 Å². The summed E-state index contributed by atoms with van der Waals surface area (Å²) in [5.74, 6) is 8.67. The summed E-state index contributed by atoms with van der Waals surface area (Å²) in [7, 11) is 0. The van der Waals surface area contributed by atoms with Crippen LogP contribution >= 0.6 is 0 Å². The summed E-state index contributed by atoms with van der Waals surface area (Å²) >= 11 is 0. The minimum absolute atomic E-state index is 0.0440. The van der Waals surface area contributed by atoms with Crippen molar-refractivity contribution in [1.82, 2.24) is 0 Å². The molecule has 0 bridgehead atoms. The van der Waals surface area contributed by atoms with Crippen molar-refractivity contribution < 1.29 is 15.0 Å². The number of carboxylic acids is 1. The molecule has 4 aliphatic rings. The highest BCUT2D eigenvalue weighted by atomic mass is 16.4. The molecule has 7 atom stereocenters. The van der Waals surface area contributed by atoms with E-state index in [0.717, 1.165) is 24.8 Å². The highest BCUT2D eigenvalue weighted by molar-refractivity contribution is 5.67. The third kappa shape index (κ3) is 3.19. The summed E-state index contributed by atoms with van der Waals surface area (Å²) in [6.07, 6.45) is 11.8. The number of allylic oxidation sites excluding steroid dienone is 2. The Kier molecular flexibility index (Phi) is 5.45. The molecule has 2 N–H and O–H groups in total. The average Bonchev–Trinajstić information content (AvgIpc) is 2.97. The molecule has 158 valence electrons. The van der Waals surface area contributed by atoms with Crippen molar-refractivity contribution in [2.45, 2.75) is 83.7 Å². The first-order valence-corrected chi connectivity index (χ1v) is 11.6. The molecule has 0 aromatic heterocycles. The topological polar surface area (TPSA) is 57.5 Å². The van der Waals surface area contributed by atoms with Gasteiger partial charge in [0, 0.05) is 17.8 Å². The maximum Gasteiger partial charge on any atom is 0.303 e. The predicted molar refractivity (Wildman–Crippen MR) is 115 cm³/mol. The van der Waals surface area contributed by atoms with E-state index in [1.807, 2.05) is 6.92 Å². The van der Waals surface area contributed by atoms with Gasteiger partial charge in [0.2, 0.25) is 0 Å². The normalized spacial score (nSPS) is 43.1. The van der Waals surface area contributed by atoms with Gasteiger partial charge in [-0.1, -0.05) is 31.1 Å². The lowest BCUT2D eigenvalue weighted by Gasteiger charge is -2.58. The number of hydrogen-bond acceptors (Lipinski definition) is 2. The Morgan fingerprint density at radius 3 is 2.83 bits per heavy atom. The molecule has 4 aliphatic carbocycles. The molecule has 0 aromatic carbocycles. The van der Waals surface area contributed by atoms with Crippen molar-refractivity contribution in [2.24, 2.45) is 35.0 Å². The minimum Gasteiger partial charge on any atom is -0.481 e. The Balaban J connectivity index is 1.68. The Morgan fingerprint density at radius 2 is 2.10 bits per heavy atom. The van der Waals surface area contributed by atoms with Crippen molar-refractivity contribution in [1.29, 1.82) is 0 Å². The zero-order chi connectivity index (χ0) is 20.8. The Hall–Kier alpha value is -1.53. The molecule has 0 radical (unpaired) electrons. The molecule has 0 aromatic rings. The Morgan fingerprint density at radius 1 is 1.31 bits per heavy atom. The molecule has 0 amide bonds. The van der Waals surface area contributed by atoms with E-state index < -0.39 is 11.6 Å². The molecule has 3 heteroatoms. The van der Waals surface area contributed by atoms with Crippen LogP contribution in [0, 0.1) is 46.8 Å². The van der Waals surface area contributed by atoms with Gasteiger partial charge in [-0.25, -0.2) is 0 Å². The first-order chi connectivity index (χ1) is 13.8. The summed E-state index contributed by atoms with van der Waals surface area (Å²) in [6, 6.07) is 0. The lowest BCUT2D eigenvalue weighted by Crippen LogP contribution is -2.56. The first-order valence-electron chi connectivity index (χ1n) is 11.6. The van der Waals surface area contributed by atoms with Crippen LogP contribution in [0.3, 0.4) is 0 Å². The maximum atomic E-state index is 11.9. The van der Waals surface area contributed by atoms with Gasteiger partial charge in [-0.3, -0.25) is 4.79 Å². The van der Waals surface area contributed by atoms with Gasteiger partial charge in [-0.05, 0) is 94.0 Å². The van der Waals surface area contributed by atoms with Crippen molar-refractivity contribution in [3.8, 4) is 11.8 Å². The molecule has 3 nitrogen and oxygen atoms in total. The van der Waals surface area contributed by atoms with E-state index in [9.17, 15) is 9.90 Å². The van der Waals surface area contributed by atoms with E-state index >= 15 is 0 Å². The van der Waals surface area contributed by atoms with Crippen LogP contribution in [0.2, 0.25) is 0 Å². The number of carboxylic acid groups (broad SMARTS) is 1. The van der Waals surface area contributed by atoms with Crippen LogP contribution in [0.5, 0.6) is 0 Å². The number of rotatable bonds is 4. The van der Waals surface area contributed by atoms with Crippen LogP contribution in [0.15, 0.2) is 23.8 Å². The summed E-state index contributed by atoms with van der Waals surface area (Å²) < 4.78 is 0. The van der Waals surface area contributed by atoms with Crippen LogP contribution in [-0.2, 0) is 4.79 Å². The van der Waals surface area contributed by atoms with Gasteiger partial charge in [0.1, 0.15) is 0 Å². The maximum absolute atomic E-state index is 11.9. The monoisotopic (exact) mass is 396 g/mol.